The molecule has 4 nitrogen and oxygen atoms in total. The Morgan fingerprint density at radius 3 is 2.57 bits per heavy atom. The molecule has 0 aromatic carbocycles. The Morgan fingerprint density at radius 1 is 1.24 bits per heavy atom. The first-order chi connectivity index (χ1) is 10.0. The maximum Gasteiger partial charge on any atom is 0.218 e. The van der Waals surface area contributed by atoms with Crippen LogP contribution in [0.25, 0.3) is 0 Å². The monoisotopic (exact) mass is 291 g/mol. The van der Waals surface area contributed by atoms with Crippen molar-refractivity contribution in [1.29, 1.82) is 0 Å². The van der Waals surface area contributed by atoms with Crippen molar-refractivity contribution in [3.05, 3.63) is 22.9 Å². The number of nitrogens with two attached hydrogens (primary N) is 1. The summed E-state index contributed by atoms with van der Waals surface area (Å²) in [6.07, 6.45) is 3.40. The van der Waals surface area contributed by atoms with Crippen LogP contribution in [-0.2, 0) is 19.4 Å². The highest BCUT2D eigenvalue weighted by molar-refractivity contribution is 5.36. The number of ether oxygens (including phenoxy) is 1. The van der Waals surface area contributed by atoms with E-state index in [1.165, 1.54) is 17.7 Å². The lowest BCUT2D eigenvalue weighted by Crippen LogP contribution is -2.39. The molecular weight excluding hydrogens is 262 g/mol. The van der Waals surface area contributed by atoms with E-state index in [-0.39, 0.29) is 0 Å². The second-order valence-electron chi connectivity index (χ2n) is 6.39. The van der Waals surface area contributed by atoms with E-state index in [1.807, 2.05) is 0 Å². The van der Waals surface area contributed by atoms with E-state index in [4.69, 9.17) is 10.5 Å². The molecular formula is C17H29N3O. The Morgan fingerprint density at radius 2 is 1.95 bits per heavy atom. The third-order valence-corrected chi connectivity index (χ3v) is 4.22. The summed E-state index contributed by atoms with van der Waals surface area (Å²) in [4.78, 5) is 7.12. The third-order valence-electron chi connectivity index (χ3n) is 4.22. The molecule has 1 aliphatic rings. The second kappa shape index (κ2) is 7.23. The van der Waals surface area contributed by atoms with Crippen LogP contribution < -0.4 is 10.5 Å². The molecule has 2 N–H and O–H groups in total. The van der Waals surface area contributed by atoms with Gasteiger partial charge in [-0.3, -0.25) is 4.90 Å². The van der Waals surface area contributed by atoms with Crippen molar-refractivity contribution in [2.24, 2.45) is 5.73 Å². The molecule has 4 heteroatoms. The van der Waals surface area contributed by atoms with Crippen LogP contribution in [0.3, 0.4) is 0 Å². The number of aromatic nitrogens is 1. The van der Waals surface area contributed by atoms with Gasteiger partial charge in [0, 0.05) is 36.4 Å². The summed E-state index contributed by atoms with van der Waals surface area (Å²) in [6, 6.07) is 3.24. The minimum absolute atomic E-state index is 0.494. The Labute approximate surface area is 128 Å². The molecule has 0 fully saturated rings. The average Bonchev–Trinajstić information content (AvgIpc) is 2.88. The highest BCUT2D eigenvalue weighted by atomic mass is 16.5. The lowest BCUT2D eigenvalue weighted by molar-refractivity contribution is 0.139. The predicted octanol–water partition coefficient (Wildman–Crippen LogP) is 2.53. The van der Waals surface area contributed by atoms with Crippen molar-refractivity contribution in [3.63, 3.8) is 0 Å². The maximum absolute atomic E-state index is 5.95. The van der Waals surface area contributed by atoms with Crippen LogP contribution >= 0.6 is 0 Å². The van der Waals surface area contributed by atoms with E-state index >= 15 is 0 Å². The Hall–Kier alpha value is -1.13. The number of aryl methyl sites for hydroxylation is 2. The first kappa shape index (κ1) is 16.2. The van der Waals surface area contributed by atoms with Crippen molar-refractivity contribution in [3.8, 4) is 5.88 Å². The van der Waals surface area contributed by atoms with Gasteiger partial charge in [0.2, 0.25) is 5.88 Å². The zero-order valence-corrected chi connectivity index (χ0v) is 13.9. The topological polar surface area (TPSA) is 51.4 Å². The molecule has 0 amide bonds. The average molecular weight is 291 g/mol. The molecule has 0 spiro atoms. The van der Waals surface area contributed by atoms with Gasteiger partial charge in [0.15, 0.2) is 0 Å². The SMILES string of the molecule is CC(C)N(CCOc1nc2c(cc1CN)CCC2)C(C)C. The summed E-state index contributed by atoms with van der Waals surface area (Å²) in [5.41, 5.74) is 9.44. The van der Waals surface area contributed by atoms with Crippen LogP contribution in [0.1, 0.15) is 50.9 Å². The predicted molar refractivity (Wildman–Crippen MR) is 86.6 cm³/mol. The molecule has 21 heavy (non-hydrogen) atoms. The summed E-state index contributed by atoms with van der Waals surface area (Å²) in [7, 11) is 0. The largest absolute Gasteiger partial charge is 0.476 e. The van der Waals surface area contributed by atoms with Crippen molar-refractivity contribution < 1.29 is 4.74 Å². The van der Waals surface area contributed by atoms with Gasteiger partial charge in [0.1, 0.15) is 6.61 Å². The maximum atomic E-state index is 5.95. The number of hydrogen-bond acceptors (Lipinski definition) is 4. The Balaban J connectivity index is 2.00. The van der Waals surface area contributed by atoms with E-state index in [0.717, 1.165) is 30.8 Å². The van der Waals surface area contributed by atoms with Crippen molar-refractivity contribution in [2.75, 3.05) is 13.2 Å². The summed E-state index contributed by atoms with van der Waals surface area (Å²) >= 11 is 0. The highest BCUT2D eigenvalue weighted by Crippen LogP contribution is 2.26. The Kier molecular flexibility index (Phi) is 5.59. The standard InChI is InChI=1S/C17H29N3O/c1-12(2)20(13(3)4)8-9-21-17-15(11-18)10-14-6-5-7-16(14)19-17/h10,12-13H,5-9,11,18H2,1-4H3. The minimum Gasteiger partial charge on any atom is -0.476 e. The Bertz CT molecular complexity index is 463. The molecule has 0 unspecified atom stereocenters. The molecule has 0 atom stereocenters. The molecule has 0 bridgehead atoms. The van der Waals surface area contributed by atoms with E-state index < -0.39 is 0 Å². The lowest BCUT2D eigenvalue weighted by atomic mass is 10.1. The summed E-state index contributed by atoms with van der Waals surface area (Å²) < 4.78 is 5.95. The smallest absolute Gasteiger partial charge is 0.218 e. The molecule has 1 aromatic rings. The van der Waals surface area contributed by atoms with Crippen molar-refractivity contribution in [2.45, 2.75) is 65.6 Å². The number of fused-ring (bicyclic) bond motifs is 1. The summed E-state index contributed by atoms with van der Waals surface area (Å²) in [6.45, 7) is 11.0. The molecule has 0 saturated heterocycles. The van der Waals surface area contributed by atoms with Crippen LogP contribution in [-0.4, -0.2) is 35.1 Å². The highest BCUT2D eigenvalue weighted by Gasteiger charge is 2.17. The molecule has 0 radical (unpaired) electrons. The molecule has 118 valence electrons. The van der Waals surface area contributed by atoms with E-state index in [2.05, 4.69) is 43.6 Å². The van der Waals surface area contributed by atoms with Gasteiger partial charge in [-0.15, -0.1) is 0 Å². The van der Waals surface area contributed by atoms with Gasteiger partial charge in [-0.1, -0.05) is 0 Å². The zero-order valence-electron chi connectivity index (χ0n) is 13.9. The van der Waals surface area contributed by atoms with E-state index in [9.17, 15) is 0 Å². The number of hydrogen-bond donors (Lipinski definition) is 1. The molecule has 0 aliphatic heterocycles. The van der Waals surface area contributed by atoms with Crippen LogP contribution in [0.2, 0.25) is 0 Å². The van der Waals surface area contributed by atoms with Crippen molar-refractivity contribution in [1.82, 2.24) is 9.88 Å². The van der Waals surface area contributed by atoms with Crippen LogP contribution in [0.4, 0.5) is 0 Å². The summed E-state index contributed by atoms with van der Waals surface area (Å²) in [5.74, 6) is 0.741. The fraction of sp³-hybridized carbons (Fsp3) is 0.706. The first-order valence-corrected chi connectivity index (χ1v) is 8.13. The van der Waals surface area contributed by atoms with Gasteiger partial charge in [-0.2, -0.15) is 0 Å². The molecule has 1 aliphatic carbocycles. The van der Waals surface area contributed by atoms with E-state index in [1.54, 1.807) is 0 Å². The van der Waals surface area contributed by atoms with Gasteiger partial charge < -0.3 is 10.5 Å². The first-order valence-electron chi connectivity index (χ1n) is 8.13. The summed E-state index contributed by atoms with van der Waals surface area (Å²) in [5, 5.41) is 0. The van der Waals surface area contributed by atoms with Gasteiger partial charge in [0.25, 0.3) is 0 Å². The van der Waals surface area contributed by atoms with Gasteiger partial charge in [-0.25, -0.2) is 4.98 Å². The molecule has 0 saturated carbocycles. The third kappa shape index (κ3) is 3.95. The zero-order chi connectivity index (χ0) is 15.4. The fourth-order valence-electron chi connectivity index (χ4n) is 3.13. The van der Waals surface area contributed by atoms with Crippen molar-refractivity contribution >= 4 is 0 Å². The minimum atomic E-state index is 0.494. The number of pyridine rings is 1. The number of rotatable bonds is 7. The van der Waals surface area contributed by atoms with Gasteiger partial charge in [-0.05, 0) is 58.6 Å². The molecule has 1 aromatic heterocycles. The molecule has 1 heterocycles. The second-order valence-corrected chi connectivity index (χ2v) is 6.39. The van der Waals surface area contributed by atoms with Crippen LogP contribution in [0.5, 0.6) is 5.88 Å². The lowest BCUT2D eigenvalue weighted by Gasteiger charge is -2.30. The van der Waals surface area contributed by atoms with E-state index in [0.29, 0.717) is 25.2 Å². The van der Waals surface area contributed by atoms with Gasteiger partial charge >= 0.3 is 0 Å². The number of nitrogens with zero attached hydrogens (tertiary/aromatic N) is 2. The quantitative estimate of drug-likeness (QED) is 0.838. The fourth-order valence-corrected chi connectivity index (χ4v) is 3.13. The molecule has 2 rings (SSSR count). The van der Waals surface area contributed by atoms with Gasteiger partial charge in [0.05, 0.1) is 0 Å². The van der Waals surface area contributed by atoms with Crippen LogP contribution in [0.15, 0.2) is 6.07 Å². The van der Waals surface area contributed by atoms with Crippen LogP contribution in [0, 0.1) is 0 Å². The normalized spacial score (nSPS) is 14.3.